The fourth-order valence-corrected chi connectivity index (χ4v) is 3.41. The first kappa shape index (κ1) is 18.8. The number of carboxylic acid groups (broad SMARTS) is 1. The molecular weight excluding hydrogens is 392 g/mol. The maximum absolute atomic E-state index is 13.0. The molecule has 0 radical (unpaired) electrons. The topological polar surface area (TPSA) is 89.4 Å². The molecule has 2 heterocycles. The molecule has 0 aliphatic rings. The number of halogens is 1. The molecule has 0 bridgehead atoms. The van der Waals surface area contributed by atoms with E-state index in [-0.39, 0.29) is 11.4 Å². The zero-order valence-corrected chi connectivity index (χ0v) is 16.1. The lowest BCUT2D eigenvalue weighted by molar-refractivity contribution is 0.0687. The summed E-state index contributed by atoms with van der Waals surface area (Å²) >= 11 is 6.01. The number of benzene rings is 2. The highest BCUT2D eigenvalue weighted by atomic mass is 35.5. The quantitative estimate of drug-likeness (QED) is 0.484. The largest absolute Gasteiger partial charge is 0.478 e. The van der Waals surface area contributed by atoms with E-state index in [1.807, 2.05) is 25.1 Å². The predicted octanol–water partition coefficient (Wildman–Crippen LogP) is 4.92. The highest BCUT2D eigenvalue weighted by Gasteiger charge is 2.20. The monoisotopic (exact) mass is 406 g/mol. The number of hydrogen-bond acceptors (Lipinski definition) is 5. The average molecular weight is 407 g/mol. The second-order valence-electron chi connectivity index (χ2n) is 6.39. The van der Waals surface area contributed by atoms with Gasteiger partial charge in [0, 0.05) is 28.1 Å². The molecule has 0 spiro atoms. The number of para-hydroxylation sites is 1. The van der Waals surface area contributed by atoms with Crippen molar-refractivity contribution in [1.29, 1.82) is 0 Å². The predicted molar refractivity (Wildman–Crippen MR) is 110 cm³/mol. The Hall–Kier alpha value is -3.51. The van der Waals surface area contributed by atoms with E-state index in [9.17, 15) is 14.7 Å². The van der Waals surface area contributed by atoms with Crippen molar-refractivity contribution in [2.45, 2.75) is 13.3 Å². The van der Waals surface area contributed by atoms with Crippen molar-refractivity contribution in [2.75, 3.05) is 0 Å². The number of carbonyl (C=O) groups excluding carboxylic acids is 1. The van der Waals surface area contributed by atoms with Crippen LogP contribution in [0.2, 0.25) is 5.02 Å². The van der Waals surface area contributed by atoms with Crippen molar-refractivity contribution in [3.8, 4) is 5.88 Å². The molecule has 29 heavy (non-hydrogen) atoms. The molecule has 2 aromatic heterocycles. The summed E-state index contributed by atoms with van der Waals surface area (Å²) in [5.74, 6) is -1.88. The standard InChI is InChI=1S/C22H15ClN2O4/c1-2-12-11-24-17-6-4-3-5-15(17)20(12)22(28)29-19-10-16(21(26)27)14-8-7-13(23)9-18(14)25-19/h3-11H,2H2,1H3,(H,26,27). The molecule has 0 saturated heterocycles. The van der Waals surface area contributed by atoms with E-state index in [1.54, 1.807) is 24.4 Å². The number of rotatable bonds is 4. The summed E-state index contributed by atoms with van der Waals surface area (Å²) in [5, 5.41) is 11.0. The molecule has 0 unspecified atom stereocenters. The molecule has 0 atom stereocenters. The molecule has 144 valence electrons. The van der Waals surface area contributed by atoms with E-state index in [1.165, 1.54) is 12.1 Å². The van der Waals surface area contributed by atoms with Crippen LogP contribution >= 0.6 is 11.6 Å². The summed E-state index contributed by atoms with van der Waals surface area (Å²) in [5.41, 5.74) is 2.10. The number of carbonyl (C=O) groups is 2. The number of aryl methyl sites for hydroxylation is 1. The van der Waals surface area contributed by atoms with E-state index in [4.69, 9.17) is 16.3 Å². The second-order valence-corrected chi connectivity index (χ2v) is 6.83. The molecule has 0 aliphatic carbocycles. The Morgan fingerprint density at radius 1 is 1.07 bits per heavy atom. The van der Waals surface area contributed by atoms with Gasteiger partial charge < -0.3 is 9.84 Å². The van der Waals surface area contributed by atoms with E-state index in [2.05, 4.69) is 9.97 Å². The first-order valence-corrected chi connectivity index (χ1v) is 9.28. The fraction of sp³-hybridized carbons (Fsp3) is 0.0909. The molecular formula is C22H15ClN2O4. The number of hydrogen-bond donors (Lipinski definition) is 1. The third-order valence-electron chi connectivity index (χ3n) is 4.62. The number of esters is 1. The van der Waals surface area contributed by atoms with Gasteiger partial charge in [0.2, 0.25) is 5.88 Å². The van der Waals surface area contributed by atoms with Gasteiger partial charge in [0.05, 0.1) is 22.2 Å². The number of aromatic nitrogens is 2. The lowest BCUT2D eigenvalue weighted by atomic mass is 10.0. The van der Waals surface area contributed by atoms with Crippen LogP contribution in [0.25, 0.3) is 21.8 Å². The first-order valence-electron chi connectivity index (χ1n) is 8.90. The van der Waals surface area contributed by atoms with Gasteiger partial charge in [0.1, 0.15) is 0 Å². The Labute approximate surface area is 170 Å². The van der Waals surface area contributed by atoms with Crippen LogP contribution in [0, 0.1) is 0 Å². The zero-order valence-electron chi connectivity index (χ0n) is 15.3. The van der Waals surface area contributed by atoms with Gasteiger partial charge in [-0.3, -0.25) is 4.98 Å². The Balaban J connectivity index is 1.83. The van der Waals surface area contributed by atoms with Crippen molar-refractivity contribution in [2.24, 2.45) is 0 Å². The van der Waals surface area contributed by atoms with Crippen molar-refractivity contribution < 1.29 is 19.4 Å². The summed E-state index contributed by atoms with van der Waals surface area (Å²) in [6.45, 7) is 1.92. The molecule has 0 aliphatic heterocycles. The molecule has 7 heteroatoms. The molecule has 6 nitrogen and oxygen atoms in total. The van der Waals surface area contributed by atoms with Gasteiger partial charge in [-0.15, -0.1) is 0 Å². The molecule has 0 fully saturated rings. The smallest absolute Gasteiger partial charge is 0.345 e. The molecule has 4 rings (SSSR count). The van der Waals surface area contributed by atoms with Crippen LogP contribution in [0.15, 0.2) is 54.7 Å². The minimum Gasteiger partial charge on any atom is -0.478 e. The normalized spacial score (nSPS) is 11.0. The van der Waals surface area contributed by atoms with Crippen LogP contribution in [-0.2, 0) is 6.42 Å². The molecule has 1 N–H and O–H groups in total. The number of aromatic carboxylic acids is 1. The lowest BCUT2D eigenvalue weighted by Crippen LogP contribution is -2.14. The summed E-state index contributed by atoms with van der Waals surface area (Å²) in [7, 11) is 0. The summed E-state index contributed by atoms with van der Waals surface area (Å²) in [4.78, 5) is 33.3. The van der Waals surface area contributed by atoms with Crippen LogP contribution in [0.5, 0.6) is 5.88 Å². The van der Waals surface area contributed by atoms with Crippen LogP contribution in [0.4, 0.5) is 0 Å². The van der Waals surface area contributed by atoms with Crippen LogP contribution in [-0.4, -0.2) is 27.0 Å². The summed E-state index contributed by atoms with van der Waals surface area (Å²) in [6, 6.07) is 13.2. The number of nitrogens with zero attached hydrogens (tertiary/aromatic N) is 2. The van der Waals surface area contributed by atoms with Crippen LogP contribution < -0.4 is 4.74 Å². The van der Waals surface area contributed by atoms with Gasteiger partial charge in [-0.1, -0.05) is 42.8 Å². The Kier molecular flexibility index (Phi) is 4.86. The van der Waals surface area contributed by atoms with Crippen LogP contribution in [0.1, 0.15) is 33.2 Å². The summed E-state index contributed by atoms with van der Waals surface area (Å²) < 4.78 is 5.51. The minimum atomic E-state index is -1.15. The first-order chi connectivity index (χ1) is 14.0. The van der Waals surface area contributed by atoms with E-state index in [0.717, 1.165) is 5.56 Å². The minimum absolute atomic E-state index is 0.0234. The SMILES string of the molecule is CCc1cnc2ccccc2c1C(=O)Oc1cc(C(=O)O)c2ccc(Cl)cc2n1. The maximum Gasteiger partial charge on any atom is 0.345 e. The van der Waals surface area contributed by atoms with Gasteiger partial charge in [0.15, 0.2) is 0 Å². The Morgan fingerprint density at radius 3 is 2.62 bits per heavy atom. The van der Waals surface area contributed by atoms with Gasteiger partial charge in [-0.2, -0.15) is 0 Å². The van der Waals surface area contributed by atoms with Crippen molar-refractivity contribution >= 4 is 45.3 Å². The number of pyridine rings is 2. The highest BCUT2D eigenvalue weighted by Crippen LogP contribution is 2.27. The number of carboxylic acids is 1. The third kappa shape index (κ3) is 3.50. The van der Waals surface area contributed by atoms with Gasteiger partial charge in [-0.05, 0) is 30.2 Å². The van der Waals surface area contributed by atoms with Crippen LogP contribution in [0.3, 0.4) is 0 Å². The summed E-state index contributed by atoms with van der Waals surface area (Å²) in [6.07, 6.45) is 2.23. The van der Waals surface area contributed by atoms with E-state index in [0.29, 0.717) is 38.8 Å². The lowest BCUT2D eigenvalue weighted by Gasteiger charge is -2.12. The molecule has 4 aromatic rings. The van der Waals surface area contributed by atoms with Gasteiger partial charge in [-0.25, -0.2) is 14.6 Å². The fourth-order valence-electron chi connectivity index (χ4n) is 3.24. The number of ether oxygens (including phenoxy) is 1. The van der Waals surface area contributed by atoms with Crippen molar-refractivity contribution in [3.05, 3.63) is 76.4 Å². The van der Waals surface area contributed by atoms with Crippen molar-refractivity contribution in [1.82, 2.24) is 9.97 Å². The highest BCUT2D eigenvalue weighted by molar-refractivity contribution is 6.31. The zero-order chi connectivity index (χ0) is 20.5. The third-order valence-corrected chi connectivity index (χ3v) is 4.85. The van der Waals surface area contributed by atoms with Gasteiger partial charge >= 0.3 is 11.9 Å². The molecule has 0 saturated carbocycles. The molecule has 0 amide bonds. The van der Waals surface area contributed by atoms with Crippen molar-refractivity contribution in [3.63, 3.8) is 0 Å². The second kappa shape index (κ2) is 7.48. The Morgan fingerprint density at radius 2 is 1.86 bits per heavy atom. The maximum atomic E-state index is 13.0. The average Bonchev–Trinajstić information content (AvgIpc) is 2.71. The molecule has 2 aromatic carbocycles. The number of fused-ring (bicyclic) bond motifs is 2. The Bertz CT molecular complexity index is 1290. The van der Waals surface area contributed by atoms with Gasteiger partial charge in [0.25, 0.3) is 0 Å². The van der Waals surface area contributed by atoms with E-state index >= 15 is 0 Å². The van der Waals surface area contributed by atoms with E-state index < -0.39 is 11.9 Å².